The van der Waals surface area contributed by atoms with Crippen LogP contribution in [0.5, 0.6) is 5.75 Å². The van der Waals surface area contributed by atoms with Crippen molar-refractivity contribution in [1.29, 1.82) is 0 Å². The number of halogens is 1. The topological polar surface area (TPSA) is 29.5 Å². The minimum atomic E-state index is 0.437. The molecule has 0 saturated heterocycles. The molecule has 3 nitrogen and oxygen atoms in total. The standard InChI is InChI=1S/C21H14ClNO2/c1-23-19-12-18(22)8-9-20(19)25-21(23)11-17(13-24)16-7-6-14-4-2-3-5-15(14)10-16/h2-12H,1H3. The summed E-state index contributed by atoms with van der Waals surface area (Å²) in [7, 11) is 1.87. The third-order valence-electron chi connectivity index (χ3n) is 4.27. The molecule has 4 heteroatoms. The van der Waals surface area contributed by atoms with Crippen molar-refractivity contribution in [3.05, 3.63) is 83.2 Å². The molecule has 4 rings (SSSR count). The molecule has 3 aromatic rings. The Balaban J connectivity index is 1.73. The maximum Gasteiger partial charge on any atom is 0.201 e. The third-order valence-corrected chi connectivity index (χ3v) is 4.50. The number of anilines is 1. The molecule has 0 amide bonds. The van der Waals surface area contributed by atoms with E-state index in [-0.39, 0.29) is 0 Å². The average Bonchev–Trinajstić information content (AvgIpc) is 2.94. The van der Waals surface area contributed by atoms with Gasteiger partial charge < -0.3 is 9.64 Å². The summed E-state index contributed by atoms with van der Waals surface area (Å²) in [6.45, 7) is 0. The largest absolute Gasteiger partial charge is 0.439 e. The van der Waals surface area contributed by atoms with Crippen molar-refractivity contribution in [3.8, 4) is 5.75 Å². The first kappa shape index (κ1) is 15.5. The summed E-state index contributed by atoms with van der Waals surface area (Å²) in [6, 6.07) is 19.3. The molecular weight excluding hydrogens is 334 g/mol. The molecule has 0 aliphatic carbocycles. The Morgan fingerprint density at radius 3 is 2.68 bits per heavy atom. The van der Waals surface area contributed by atoms with Crippen molar-refractivity contribution < 1.29 is 9.53 Å². The maximum absolute atomic E-state index is 11.6. The lowest BCUT2D eigenvalue weighted by Crippen LogP contribution is -2.13. The van der Waals surface area contributed by atoms with Crippen LogP contribution in [-0.2, 0) is 4.79 Å². The molecule has 0 atom stereocenters. The smallest absolute Gasteiger partial charge is 0.201 e. The number of fused-ring (bicyclic) bond motifs is 2. The van der Waals surface area contributed by atoms with Crippen molar-refractivity contribution in [2.45, 2.75) is 0 Å². The first-order valence-corrected chi connectivity index (χ1v) is 8.20. The molecule has 1 aliphatic rings. The van der Waals surface area contributed by atoms with Gasteiger partial charge in [-0.1, -0.05) is 48.0 Å². The molecule has 0 bridgehead atoms. The van der Waals surface area contributed by atoms with Gasteiger partial charge in [-0.05, 0) is 40.6 Å². The molecule has 0 N–H and O–H groups in total. The number of carbonyl (C=O) groups excluding carboxylic acids is 1. The number of nitrogens with zero attached hydrogens (tertiary/aromatic N) is 1. The SMILES string of the molecule is CN1C(=CC(=C=O)c2ccc3ccccc3c2)Oc2ccc(Cl)cc21. The number of rotatable bonds is 2. The van der Waals surface area contributed by atoms with E-state index >= 15 is 0 Å². The van der Waals surface area contributed by atoms with Crippen molar-refractivity contribution >= 4 is 39.6 Å². The van der Waals surface area contributed by atoms with E-state index in [0.29, 0.717) is 22.2 Å². The molecule has 0 radical (unpaired) electrons. The lowest BCUT2D eigenvalue weighted by atomic mass is 10.0. The molecule has 25 heavy (non-hydrogen) atoms. The fourth-order valence-corrected chi connectivity index (χ4v) is 3.08. The molecule has 0 saturated carbocycles. The van der Waals surface area contributed by atoms with Crippen LogP contribution in [0.4, 0.5) is 5.69 Å². The third kappa shape index (κ3) is 2.80. The Morgan fingerprint density at radius 2 is 1.88 bits per heavy atom. The molecule has 122 valence electrons. The Hall–Kier alpha value is -3.00. The van der Waals surface area contributed by atoms with Gasteiger partial charge in [-0.15, -0.1) is 0 Å². The summed E-state index contributed by atoms with van der Waals surface area (Å²) in [6.07, 6.45) is 1.70. The Morgan fingerprint density at radius 1 is 1.08 bits per heavy atom. The molecule has 0 unspecified atom stereocenters. The summed E-state index contributed by atoms with van der Waals surface area (Å²) in [4.78, 5) is 13.4. The number of hydrogen-bond acceptors (Lipinski definition) is 3. The summed E-state index contributed by atoms with van der Waals surface area (Å²) in [5.41, 5.74) is 2.10. The highest BCUT2D eigenvalue weighted by molar-refractivity contribution is 6.31. The summed E-state index contributed by atoms with van der Waals surface area (Å²) < 4.78 is 5.84. The molecule has 0 spiro atoms. The predicted octanol–water partition coefficient (Wildman–Crippen LogP) is 5.08. The second kappa shape index (κ2) is 6.14. The molecule has 1 aliphatic heterocycles. The van der Waals surface area contributed by atoms with Gasteiger partial charge in [-0.3, -0.25) is 0 Å². The minimum absolute atomic E-state index is 0.437. The van der Waals surface area contributed by atoms with Crippen molar-refractivity contribution in [3.63, 3.8) is 0 Å². The lowest BCUT2D eigenvalue weighted by molar-refractivity contribution is 0.444. The Kier molecular flexibility index (Phi) is 3.81. The molecule has 1 heterocycles. The number of benzene rings is 3. The zero-order chi connectivity index (χ0) is 17.4. The second-order valence-corrected chi connectivity index (χ2v) is 6.27. The van der Waals surface area contributed by atoms with Crippen LogP contribution < -0.4 is 9.64 Å². The van der Waals surface area contributed by atoms with Crippen LogP contribution in [0.3, 0.4) is 0 Å². The normalized spacial score (nSPS) is 14.3. The average molecular weight is 348 g/mol. The zero-order valence-electron chi connectivity index (χ0n) is 13.5. The van der Waals surface area contributed by atoms with E-state index < -0.39 is 0 Å². The van der Waals surface area contributed by atoms with Crippen molar-refractivity contribution in [1.82, 2.24) is 0 Å². The van der Waals surface area contributed by atoms with Crippen molar-refractivity contribution in [2.75, 3.05) is 11.9 Å². The first-order valence-electron chi connectivity index (χ1n) is 7.83. The number of ether oxygens (including phenoxy) is 1. The van der Waals surface area contributed by atoms with Crippen LogP contribution in [0.25, 0.3) is 16.3 Å². The van der Waals surface area contributed by atoms with Gasteiger partial charge in [-0.2, -0.15) is 0 Å². The van der Waals surface area contributed by atoms with Gasteiger partial charge >= 0.3 is 0 Å². The summed E-state index contributed by atoms with van der Waals surface area (Å²) in [5, 5.41) is 2.83. The van der Waals surface area contributed by atoms with E-state index in [1.54, 1.807) is 12.1 Å². The quantitative estimate of drug-likeness (QED) is 0.605. The molecule has 3 aromatic carbocycles. The van der Waals surface area contributed by atoms with Gasteiger partial charge in [0.25, 0.3) is 0 Å². The van der Waals surface area contributed by atoms with Gasteiger partial charge in [0.05, 0.1) is 11.3 Å². The fraction of sp³-hybridized carbons (Fsp3) is 0.0476. The minimum Gasteiger partial charge on any atom is -0.439 e. The van der Waals surface area contributed by atoms with Gasteiger partial charge in [0.2, 0.25) is 5.88 Å². The van der Waals surface area contributed by atoms with Crippen LogP contribution in [0.15, 0.2) is 72.6 Å². The number of hydrogen-bond donors (Lipinski definition) is 0. The number of allylic oxidation sites excluding steroid dienone is 2. The van der Waals surface area contributed by atoms with Crippen molar-refractivity contribution in [2.24, 2.45) is 0 Å². The van der Waals surface area contributed by atoms with E-state index in [1.807, 2.05) is 72.5 Å². The van der Waals surface area contributed by atoms with Crippen LogP contribution in [0, 0.1) is 0 Å². The van der Waals surface area contributed by atoms with Gasteiger partial charge in [0.1, 0.15) is 5.94 Å². The van der Waals surface area contributed by atoms with Crippen LogP contribution in [-0.4, -0.2) is 13.0 Å². The Bertz CT molecular complexity index is 1060. The highest BCUT2D eigenvalue weighted by atomic mass is 35.5. The van der Waals surface area contributed by atoms with E-state index in [4.69, 9.17) is 16.3 Å². The molecule has 0 aromatic heterocycles. The van der Waals surface area contributed by atoms with Crippen LogP contribution in [0.1, 0.15) is 5.56 Å². The Labute approximate surface area is 150 Å². The maximum atomic E-state index is 11.6. The van der Waals surface area contributed by atoms with Gasteiger partial charge in [0, 0.05) is 18.1 Å². The second-order valence-electron chi connectivity index (χ2n) is 5.83. The highest BCUT2D eigenvalue weighted by Gasteiger charge is 2.23. The highest BCUT2D eigenvalue weighted by Crippen LogP contribution is 2.40. The first-order chi connectivity index (χ1) is 12.2. The summed E-state index contributed by atoms with van der Waals surface area (Å²) in [5.74, 6) is 3.30. The monoisotopic (exact) mass is 347 g/mol. The molecule has 0 fully saturated rings. The van der Waals surface area contributed by atoms with Crippen LogP contribution in [0.2, 0.25) is 5.02 Å². The zero-order valence-corrected chi connectivity index (χ0v) is 14.2. The fourth-order valence-electron chi connectivity index (χ4n) is 2.92. The van der Waals surface area contributed by atoms with E-state index in [0.717, 1.165) is 22.0 Å². The van der Waals surface area contributed by atoms with E-state index in [1.165, 1.54) is 0 Å². The predicted molar refractivity (Wildman–Crippen MR) is 102 cm³/mol. The molecular formula is C21H14ClNO2. The van der Waals surface area contributed by atoms with E-state index in [2.05, 4.69) is 0 Å². The van der Waals surface area contributed by atoms with Crippen LogP contribution >= 0.6 is 11.6 Å². The summed E-state index contributed by atoms with van der Waals surface area (Å²) >= 11 is 6.05. The lowest BCUT2D eigenvalue weighted by Gasteiger charge is -2.11. The van der Waals surface area contributed by atoms with Gasteiger partial charge in [-0.25, -0.2) is 4.79 Å². The van der Waals surface area contributed by atoms with Gasteiger partial charge in [0.15, 0.2) is 5.75 Å². The van der Waals surface area contributed by atoms with E-state index in [9.17, 15) is 4.79 Å².